The fourth-order valence-corrected chi connectivity index (χ4v) is 1.25. The second kappa shape index (κ2) is 6.46. The van der Waals surface area contributed by atoms with Crippen LogP contribution in [0.4, 0.5) is 0 Å². The quantitative estimate of drug-likeness (QED) is 0.724. The molecule has 1 atom stereocenters. The Kier molecular flexibility index (Phi) is 5.19. The Morgan fingerprint density at radius 1 is 1.27 bits per heavy atom. The van der Waals surface area contributed by atoms with Gasteiger partial charge >= 0.3 is 0 Å². The molecule has 0 fully saturated rings. The van der Waals surface area contributed by atoms with Crippen LogP contribution in [0.3, 0.4) is 0 Å². The summed E-state index contributed by atoms with van der Waals surface area (Å²) < 4.78 is 5.59. The van der Waals surface area contributed by atoms with Gasteiger partial charge in [-0.15, -0.1) is 0 Å². The molecule has 0 aromatic heterocycles. The van der Waals surface area contributed by atoms with E-state index < -0.39 is 0 Å². The highest BCUT2D eigenvalue weighted by molar-refractivity contribution is 5.26. The third-order valence-corrected chi connectivity index (χ3v) is 2.50. The van der Waals surface area contributed by atoms with Gasteiger partial charge in [0.1, 0.15) is 12.4 Å². The van der Waals surface area contributed by atoms with Crippen molar-refractivity contribution >= 4 is 0 Å². The van der Waals surface area contributed by atoms with Crippen LogP contribution in [-0.2, 0) is 0 Å². The lowest BCUT2D eigenvalue weighted by Gasteiger charge is -2.11. The van der Waals surface area contributed by atoms with Crippen molar-refractivity contribution in [2.45, 2.75) is 33.2 Å². The molecule has 0 aliphatic rings. The average Bonchev–Trinajstić information content (AvgIpc) is 2.26. The normalized spacial score (nSPS) is 12.5. The zero-order valence-electron chi connectivity index (χ0n) is 9.92. The van der Waals surface area contributed by atoms with Gasteiger partial charge in [-0.1, -0.05) is 24.6 Å². The van der Waals surface area contributed by atoms with Crippen molar-refractivity contribution in [2.75, 3.05) is 13.2 Å². The molecule has 1 aromatic carbocycles. The van der Waals surface area contributed by atoms with Crippen molar-refractivity contribution in [3.63, 3.8) is 0 Å². The van der Waals surface area contributed by atoms with Gasteiger partial charge in [-0.3, -0.25) is 0 Å². The molecule has 0 spiro atoms. The average molecular weight is 207 g/mol. The molecule has 0 heterocycles. The highest BCUT2D eigenvalue weighted by Gasteiger charge is 1.96. The lowest BCUT2D eigenvalue weighted by molar-refractivity contribution is 0.306. The third-order valence-electron chi connectivity index (χ3n) is 2.50. The minimum Gasteiger partial charge on any atom is -0.492 e. The molecule has 15 heavy (non-hydrogen) atoms. The predicted molar refractivity (Wildman–Crippen MR) is 64.4 cm³/mol. The molecule has 84 valence electrons. The standard InChI is InChI=1S/C13H21NO/c1-4-12(3)14-9-10-15-13-7-5-11(2)6-8-13/h5-8,12,14H,4,9-10H2,1-3H3. The van der Waals surface area contributed by atoms with Gasteiger partial charge in [0, 0.05) is 12.6 Å². The van der Waals surface area contributed by atoms with Crippen LogP contribution in [-0.4, -0.2) is 19.2 Å². The van der Waals surface area contributed by atoms with Gasteiger partial charge in [0.05, 0.1) is 0 Å². The van der Waals surface area contributed by atoms with E-state index in [0.29, 0.717) is 6.04 Å². The Labute approximate surface area is 92.6 Å². The largest absolute Gasteiger partial charge is 0.492 e. The maximum atomic E-state index is 5.59. The van der Waals surface area contributed by atoms with Crippen molar-refractivity contribution < 1.29 is 4.74 Å². The fourth-order valence-electron chi connectivity index (χ4n) is 1.25. The number of hydrogen-bond acceptors (Lipinski definition) is 2. The van der Waals surface area contributed by atoms with Gasteiger partial charge in [-0.05, 0) is 32.4 Å². The van der Waals surface area contributed by atoms with E-state index in [9.17, 15) is 0 Å². The zero-order valence-corrected chi connectivity index (χ0v) is 9.92. The maximum Gasteiger partial charge on any atom is 0.119 e. The molecular weight excluding hydrogens is 186 g/mol. The van der Waals surface area contributed by atoms with Crippen molar-refractivity contribution in [2.24, 2.45) is 0 Å². The topological polar surface area (TPSA) is 21.3 Å². The first kappa shape index (κ1) is 12.1. The Bertz CT molecular complexity index is 268. The molecule has 1 unspecified atom stereocenters. The van der Waals surface area contributed by atoms with Crippen LogP contribution in [0.15, 0.2) is 24.3 Å². The van der Waals surface area contributed by atoms with E-state index in [2.05, 4.69) is 38.2 Å². The molecule has 1 rings (SSSR count). The Hall–Kier alpha value is -1.02. The summed E-state index contributed by atoms with van der Waals surface area (Å²) in [6, 6.07) is 8.73. The third kappa shape index (κ3) is 4.84. The van der Waals surface area contributed by atoms with Crippen molar-refractivity contribution in [3.8, 4) is 5.75 Å². The van der Waals surface area contributed by atoms with E-state index >= 15 is 0 Å². The van der Waals surface area contributed by atoms with Gasteiger partial charge in [0.15, 0.2) is 0 Å². The molecule has 1 aromatic rings. The van der Waals surface area contributed by atoms with Gasteiger partial charge < -0.3 is 10.1 Å². The van der Waals surface area contributed by atoms with E-state index in [-0.39, 0.29) is 0 Å². The van der Waals surface area contributed by atoms with Gasteiger partial charge in [0.2, 0.25) is 0 Å². The maximum absolute atomic E-state index is 5.59. The highest BCUT2D eigenvalue weighted by Crippen LogP contribution is 2.10. The van der Waals surface area contributed by atoms with Gasteiger partial charge in [-0.2, -0.15) is 0 Å². The first-order valence-corrected chi connectivity index (χ1v) is 5.65. The number of nitrogens with one attached hydrogen (secondary N) is 1. The molecule has 2 heteroatoms. The van der Waals surface area contributed by atoms with E-state index in [1.165, 1.54) is 5.56 Å². The number of aryl methyl sites for hydroxylation is 1. The molecule has 0 saturated carbocycles. The second-order valence-electron chi connectivity index (χ2n) is 3.92. The lowest BCUT2D eigenvalue weighted by atomic mass is 10.2. The van der Waals surface area contributed by atoms with Gasteiger partial charge in [0.25, 0.3) is 0 Å². The van der Waals surface area contributed by atoms with E-state index in [4.69, 9.17) is 4.74 Å². The summed E-state index contributed by atoms with van der Waals surface area (Å²) in [5, 5.41) is 3.39. The molecule has 1 N–H and O–H groups in total. The molecule has 0 bridgehead atoms. The second-order valence-corrected chi connectivity index (χ2v) is 3.92. The van der Waals surface area contributed by atoms with E-state index in [1.807, 2.05) is 12.1 Å². The van der Waals surface area contributed by atoms with E-state index in [1.54, 1.807) is 0 Å². The minimum absolute atomic E-state index is 0.576. The monoisotopic (exact) mass is 207 g/mol. The first-order valence-electron chi connectivity index (χ1n) is 5.65. The summed E-state index contributed by atoms with van der Waals surface area (Å²) in [6.45, 7) is 8.08. The summed E-state index contributed by atoms with van der Waals surface area (Å²) in [5.41, 5.74) is 1.26. The highest BCUT2D eigenvalue weighted by atomic mass is 16.5. The minimum atomic E-state index is 0.576. The van der Waals surface area contributed by atoms with Crippen LogP contribution < -0.4 is 10.1 Å². The molecule has 2 nitrogen and oxygen atoms in total. The summed E-state index contributed by atoms with van der Waals surface area (Å²) in [5.74, 6) is 0.951. The first-order chi connectivity index (χ1) is 7.22. The van der Waals surface area contributed by atoms with Crippen LogP contribution in [0.1, 0.15) is 25.8 Å². The lowest BCUT2D eigenvalue weighted by Crippen LogP contribution is -2.29. The molecule has 0 radical (unpaired) electrons. The molecular formula is C13H21NO. The molecule has 0 saturated heterocycles. The Balaban J connectivity index is 2.17. The molecule has 0 aliphatic heterocycles. The van der Waals surface area contributed by atoms with Gasteiger partial charge in [-0.25, -0.2) is 0 Å². The summed E-state index contributed by atoms with van der Waals surface area (Å²) in [6.07, 6.45) is 1.16. The van der Waals surface area contributed by atoms with Crippen molar-refractivity contribution in [1.29, 1.82) is 0 Å². The smallest absolute Gasteiger partial charge is 0.119 e. The summed E-state index contributed by atoms with van der Waals surface area (Å²) in [4.78, 5) is 0. The Morgan fingerprint density at radius 3 is 2.53 bits per heavy atom. The van der Waals surface area contributed by atoms with Crippen LogP contribution >= 0.6 is 0 Å². The van der Waals surface area contributed by atoms with E-state index in [0.717, 1.165) is 25.3 Å². The van der Waals surface area contributed by atoms with Crippen LogP contribution in [0, 0.1) is 6.92 Å². The fraction of sp³-hybridized carbons (Fsp3) is 0.538. The number of benzene rings is 1. The number of ether oxygens (including phenoxy) is 1. The van der Waals surface area contributed by atoms with Crippen LogP contribution in [0.2, 0.25) is 0 Å². The summed E-state index contributed by atoms with van der Waals surface area (Å²) >= 11 is 0. The Morgan fingerprint density at radius 2 is 1.93 bits per heavy atom. The molecule has 0 amide bonds. The van der Waals surface area contributed by atoms with Crippen LogP contribution in [0.25, 0.3) is 0 Å². The number of rotatable bonds is 6. The van der Waals surface area contributed by atoms with Crippen molar-refractivity contribution in [1.82, 2.24) is 5.32 Å². The van der Waals surface area contributed by atoms with Crippen LogP contribution in [0.5, 0.6) is 5.75 Å². The predicted octanol–water partition coefficient (Wildman–Crippen LogP) is 2.76. The zero-order chi connectivity index (χ0) is 11.1. The SMILES string of the molecule is CCC(C)NCCOc1ccc(C)cc1. The van der Waals surface area contributed by atoms with Crippen molar-refractivity contribution in [3.05, 3.63) is 29.8 Å². The molecule has 0 aliphatic carbocycles. The number of hydrogen-bond donors (Lipinski definition) is 1. The summed E-state index contributed by atoms with van der Waals surface area (Å²) in [7, 11) is 0.